The van der Waals surface area contributed by atoms with Gasteiger partial charge in [-0.25, -0.2) is 18.7 Å². The van der Waals surface area contributed by atoms with Crippen LogP contribution in [0.1, 0.15) is 15.9 Å². The number of imidazole rings is 1. The third-order valence-electron chi connectivity index (χ3n) is 5.16. The minimum atomic E-state index is -0.677. The number of amides is 1. The Morgan fingerprint density at radius 1 is 1.14 bits per heavy atom. The number of halogens is 3. The van der Waals surface area contributed by atoms with Crippen molar-refractivity contribution in [3.8, 4) is 11.3 Å². The van der Waals surface area contributed by atoms with Crippen molar-refractivity contribution >= 4 is 35.5 Å². The summed E-state index contributed by atoms with van der Waals surface area (Å²) in [6, 6.07) is 8.72. The molecule has 11 heteroatoms. The van der Waals surface area contributed by atoms with E-state index in [9.17, 15) is 13.6 Å². The largest absolute Gasteiger partial charge is 0.378 e. The predicted molar refractivity (Wildman–Crippen MR) is 132 cm³/mol. The van der Waals surface area contributed by atoms with Crippen LogP contribution in [-0.2, 0) is 4.74 Å². The molecular formula is C24H25ClF2N6O2. The Bertz CT molecular complexity index is 1330. The highest BCUT2D eigenvalue weighted by Crippen LogP contribution is 2.28. The zero-order valence-electron chi connectivity index (χ0n) is 18.9. The number of fused-ring (bicyclic) bond motifs is 1. The number of ether oxygens (including phenoxy) is 1. The van der Waals surface area contributed by atoms with Gasteiger partial charge in [-0.15, -0.1) is 12.4 Å². The Morgan fingerprint density at radius 2 is 1.97 bits per heavy atom. The molecule has 4 aromatic rings. The van der Waals surface area contributed by atoms with E-state index in [2.05, 4.69) is 20.6 Å². The summed E-state index contributed by atoms with van der Waals surface area (Å²) in [5.74, 6) is -1.07. The highest BCUT2D eigenvalue weighted by Gasteiger charge is 2.15. The van der Waals surface area contributed by atoms with Crippen LogP contribution in [0.2, 0.25) is 0 Å². The second kappa shape index (κ2) is 11.7. The van der Waals surface area contributed by atoms with Gasteiger partial charge in [0.1, 0.15) is 11.6 Å². The quantitative estimate of drug-likeness (QED) is 0.300. The molecule has 0 aliphatic heterocycles. The molecule has 0 aliphatic rings. The van der Waals surface area contributed by atoms with Gasteiger partial charge in [-0.3, -0.25) is 9.20 Å². The van der Waals surface area contributed by atoms with E-state index in [1.807, 2.05) is 13.0 Å². The summed E-state index contributed by atoms with van der Waals surface area (Å²) < 4.78 is 34.6. The van der Waals surface area contributed by atoms with Gasteiger partial charge in [0.05, 0.1) is 25.1 Å². The summed E-state index contributed by atoms with van der Waals surface area (Å²) in [6.07, 6.45) is 4.72. The molecule has 2 aromatic carbocycles. The van der Waals surface area contributed by atoms with Gasteiger partial charge < -0.3 is 21.1 Å². The fraction of sp³-hybridized carbons (Fsp3) is 0.208. The SMILES string of the molecule is Cc1cc(Nc2nccn3c(-c4ccc(F)cc4F)cnc23)ccc1C(=O)NCCOCCN.Cl. The number of hydrogen-bond donors (Lipinski definition) is 3. The number of nitrogens with one attached hydrogen (secondary N) is 2. The summed E-state index contributed by atoms with van der Waals surface area (Å²) in [4.78, 5) is 21.2. The molecule has 0 fully saturated rings. The lowest BCUT2D eigenvalue weighted by molar-refractivity contribution is 0.0919. The summed E-state index contributed by atoms with van der Waals surface area (Å²) >= 11 is 0. The number of aromatic nitrogens is 3. The number of carbonyl (C=O) groups excluding carboxylic acids is 1. The van der Waals surface area contributed by atoms with Crippen molar-refractivity contribution in [2.75, 3.05) is 31.6 Å². The molecule has 0 spiro atoms. The second-order valence-electron chi connectivity index (χ2n) is 7.55. The molecule has 2 heterocycles. The number of aryl methyl sites for hydroxylation is 1. The molecule has 4 rings (SSSR count). The average molecular weight is 503 g/mol. The van der Waals surface area contributed by atoms with Gasteiger partial charge in [0.25, 0.3) is 5.91 Å². The fourth-order valence-corrected chi connectivity index (χ4v) is 3.55. The van der Waals surface area contributed by atoms with Crippen LogP contribution in [0.3, 0.4) is 0 Å². The van der Waals surface area contributed by atoms with Crippen LogP contribution in [0.5, 0.6) is 0 Å². The molecule has 4 N–H and O–H groups in total. The van der Waals surface area contributed by atoms with Crippen LogP contribution < -0.4 is 16.4 Å². The van der Waals surface area contributed by atoms with Crippen LogP contribution in [0.4, 0.5) is 20.3 Å². The Balaban J connectivity index is 0.00000342. The first kappa shape index (κ1) is 26.0. The van der Waals surface area contributed by atoms with E-state index >= 15 is 0 Å². The van der Waals surface area contributed by atoms with Crippen molar-refractivity contribution in [1.29, 1.82) is 0 Å². The smallest absolute Gasteiger partial charge is 0.251 e. The maximum atomic E-state index is 14.3. The van der Waals surface area contributed by atoms with Crippen LogP contribution in [0.15, 0.2) is 55.0 Å². The van der Waals surface area contributed by atoms with Gasteiger partial charge in [0, 0.05) is 48.4 Å². The van der Waals surface area contributed by atoms with Crippen LogP contribution in [-0.4, -0.2) is 46.6 Å². The minimum Gasteiger partial charge on any atom is -0.378 e. The lowest BCUT2D eigenvalue weighted by Gasteiger charge is -2.12. The van der Waals surface area contributed by atoms with Gasteiger partial charge in [-0.05, 0) is 42.8 Å². The van der Waals surface area contributed by atoms with Gasteiger partial charge in [0.2, 0.25) is 0 Å². The molecular weight excluding hydrogens is 478 g/mol. The molecule has 184 valence electrons. The summed E-state index contributed by atoms with van der Waals surface area (Å²) in [6.45, 7) is 3.51. The van der Waals surface area contributed by atoms with Crippen molar-refractivity contribution in [3.63, 3.8) is 0 Å². The summed E-state index contributed by atoms with van der Waals surface area (Å²) in [5, 5.41) is 6.01. The standard InChI is InChI=1S/C24H24F2N6O2.ClH/c1-15-12-17(3-5-18(15)24(33)29-8-11-34-10-6-27)31-22-23-30-14-21(32(23)9-7-28-22)19-4-2-16(25)13-20(19)26;/h2-5,7,9,12-14H,6,8,10-11,27H2,1H3,(H,28,31)(H,29,33);1H. The van der Waals surface area contributed by atoms with E-state index in [-0.39, 0.29) is 23.9 Å². The third kappa shape index (κ3) is 5.91. The van der Waals surface area contributed by atoms with E-state index in [0.29, 0.717) is 54.7 Å². The van der Waals surface area contributed by atoms with E-state index in [4.69, 9.17) is 10.5 Å². The lowest BCUT2D eigenvalue weighted by Crippen LogP contribution is -2.28. The Kier molecular flexibility index (Phi) is 8.69. The van der Waals surface area contributed by atoms with Crippen molar-refractivity contribution in [2.45, 2.75) is 6.92 Å². The molecule has 0 bridgehead atoms. The first-order chi connectivity index (χ1) is 16.5. The molecule has 0 saturated carbocycles. The van der Waals surface area contributed by atoms with Crippen molar-refractivity contribution in [3.05, 3.63) is 77.8 Å². The highest BCUT2D eigenvalue weighted by molar-refractivity contribution is 5.96. The van der Waals surface area contributed by atoms with E-state index in [1.165, 1.54) is 18.3 Å². The zero-order chi connectivity index (χ0) is 24.1. The van der Waals surface area contributed by atoms with Gasteiger partial charge >= 0.3 is 0 Å². The van der Waals surface area contributed by atoms with Gasteiger partial charge in [0.15, 0.2) is 11.5 Å². The van der Waals surface area contributed by atoms with E-state index in [0.717, 1.165) is 11.6 Å². The molecule has 0 aliphatic carbocycles. The average Bonchev–Trinajstić information content (AvgIpc) is 3.24. The fourth-order valence-electron chi connectivity index (χ4n) is 3.55. The summed E-state index contributed by atoms with van der Waals surface area (Å²) in [7, 11) is 0. The maximum Gasteiger partial charge on any atom is 0.251 e. The Hall–Kier alpha value is -3.60. The maximum absolute atomic E-state index is 14.3. The second-order valence-corrected chi connectivity index (χ2v) is 7.55. The zero-order valence-corrected chi connectivity index (χ0v) is 19.7. The lowest BCUT2D eigenvalue weighted by atomic mass is 10.1. The number of rotatable bonds is 9. The predicted octanol–water partition coefficient (Wildman–Crippen LogP) is 3.85. The molecule has 0 unspecified atom stereocenters. The highest BCUT2D eigenvalue weighted by atomic mass is 35.5. The number of anilines is 2. The molecule has 35 heavy (non-hydrogen) atoms. The minimum absolute atomic E-state index is 0. The topological polar surface area (TPSA) is 107 Å². The molecule has 2 aromatic heterocycles. The van der Waals surface area contributed by atoms with E-state index in [1.54, 1.807) is 28.9 Å². The molecule has 0 saturated heterocycles. The monoisotopic (exact) mass is 502 g/mol. The van der Waals surface area contributed by atoms with Crippen LogP contribution in [0, 0.1) is 18.6 Å². The van der Waals surface area contributed by atoms with Crippen molar-refractivity contribution in [1.82, 2.24) is 19.7 Å². The summed E-state index contributed by atoms with van der Waals surface area (Å²) in [5.41, 5.74) is 8.56. The number of hydrogen-bond acceptors (Lipinski definition) is 6. The third-order valence-corrected chi connectivity index (χ3v) is 5.16. The van der Waals surface area contributed by atoms with E-state index < -0.39 is 11.6 Å². The number of nitrogens with two attached hydrogens (primary N) is 1. The first-order valence-electron chi connectivity index (χ1n) is 10.7. The Labute approximate surface area is 206 Å². The molecule has 8 nitrogen and oxygen atoms in total. The van der Waals surface area contributed by atoms with Crippen molar-refractivity contribution in [2.24, 2.45) is 5.73 Å². The first-order valence-corrected chi connectivity index (χ1v) is 10.7. The normalized spacial score (nSPS) is 10.7. The van der Waals surface area contributed by atoms with Crippen LogP contribution >= 0.6 is 12.4 Å². The number of benzene rings is 2. The van der Waals surface area contributed by atoms with Crippen LogP contribution in [0.25, 0.3) is 16.9 Å². The van der Waals surface area contributed by atoms with Gasteiger partial charge in [-0.1, -0.05) is 0 Å². The van der Waals surface area contributed by atoms with Crippen molar-refractivity contribution < 1.29 is 18.3 Å². The van der Waals surface area contributed by atoms with Gasteiger partial charge in [-0.2, -0.15) is 0 Å². The number of nitrogens with zero attached hydrogens (tertiary/aromatic N) is 3. The number of carbonyl (C=O) groups is 1. The molecule has 0 atom stereocenters. The Morgan fingerprint density at radius 3 is 2.71 bits per heavy atom. The molecule has 0 radical (unpaired) electrons. The molecule has 1 amide bonds.